The minimum absolute atomic E-state index is 0.224. The lowest BCUT2D eigenvalue weighted by molar-refractivity contribution is 0.0853. The van der Waals surface area contributed by atoms with Gasteiger partial charge in [-0.2, -0.15) is 0 Å². The molecule has 1 heterocycles. The Morgan fingerprint density at radius 3 is 3.00 bits per heavy atom. The molecule has 1 aliphatic heterocycles. The molecule has 1 N–H and O–H groups in total. The minimum Gasteiger partial charge on any atom is -0.496 e. The molecule has 0 amide bonds. The van der Waals surface area contributed by atoms with Crippen LogP contribution in [0.4, 0.5) is 0 Å². The van der Waals surface area contributed by atoms with E-state index in [9.17, 15) is 0 Å². The largest absolute Gasteiger partial charge is 0.496 e. The van der Waals surface area contributed by atoms with Crippen molar-refractivity contribution in [2.24, 2.45) is 0 Å². The second kappa shape index (κ2) is 5.57. The summed E-state index contributed by atoms with van der Waals surface area (Å²) < 4.78 is 10.9. The maximum Gasteiger partial charge on any atom is 0.121 e. The highest BCUT2D eigenvalue weighted by Crippen LogP contribution is 2.29. The molecule has 0 radical (unpaired) electrons. The quantitative estimate of drug-likeness (QED) is 0.874. The molecular formula is C12H17NO2S. The number of nitrogens with one attached hydrogen (secondary N) is 1. The van der Waals surface area contributed by atoms with Gasteiger partial charge in [-0.15, -0.1) is 0 Å². The fourth-order valence-corrected chi connectivity index (χ4v) is 2.75. The summed E-state index contributed by atoms with van der Waals surface area (Å²) in [5, 5.41) is 3.32. The Labute approximate surface area is 101 Å². The number of methoxy groups -OCH3 is 1. The third-order valence-corrected chi connectivity index (χ3v) is 3.62. The minimum atomic E-state index is 0.224. The van der Waals surface area contributed by atoms with Gasteiger partial charge in [0.25, 0.3) is 0 Å². The third-order valence-electron chi connectivity index (χ3n) is 2.53. The standard InChI is InChI=1S/C12H17NO2S/c1-9-7-10(3-4-11(9)14-2)16-12-8-13-5-6-15-12/h3-4,7,12-13H,5-6,8H2,1-2H3. The van der Waals surface area contributed by atoms with Crippen LogP contribution in [-0.4, -0.2) is 32.2 Å². The van der Waals surface area contributed by atoms with Crippen LogP contribution in [0.5, 0.6) is 5.75 Å². The van der Waals surface area contributed by atoms with Crippen LogP contribution in [0.25, 0.3) is 0 Å². The zero-order chi connectivity index (χ0) is 11.4. The van der Waals surface area contributed by atoms with Crippen molar-refractivity contribution in [3.05, 3.63) is 23.8 Å². The van der Waals surface area contributed by atoms with E-state index in [2.05, 4.69) is 24.4 Å². The van der Waals surface area contributed by atoms with Gasteiger partial charge in [-0.25, -0.2) is 0 Å². The van der Waals surface area contributed by atoms with Gasteiger partial charge in [0.15, 0.2) is 0 Å². The molecule has 1 fully saturated rings. The number of benzene rings is 1. The van der Waals surface area contributed by atoms with Crippen molar-refractivity contribution in [2.75, 3.05) is 26.8 Å². The van der Waals surface area contributed by atoms with Crippen LogP contribution in [0.1, 0.15) is 5.56 Å². The average molecular weight is 239 g/mol. The summed E-state index contributed by atoms with van der Waals surface area (Å²) in [5.74, 6) is 0.937. The summed E-state index contributed by atoms with van der Waals surface area (Å²) >= 11 is 1.76. The van der Waals surface area contributed by atoms with Crippen LogP contribution in [0.3, 0.4) is 0 Å². The number of thioether (sulfide) groups is 1. The average Bonchev–Trinajstić information content (AvgIpc) is 2.31. The Morgan fingerprint density at radius 1 is 1.50 bits per heavy atom. The van der Waals surface area contributed by atoms with Gasteiger partial charge in [-0.05, 0) is 30.7 Å². The first-order chi connectivity index (χ1) is 7.79. The van der Waals surface area contributed by atoms with Crippen LogP contribution in [0.15, 0.2) is 23.1 Å². The number of hydrogen-bond acceptors (Lipinski definition) is 4. The lowest BCUT2D eigenvalue weighted by Gasteiger charge is -2.23. The summed E-state index contributed by atoms with van der Waals surface area (Å²) in [6.07, 6.45) is 0. The van der Waals surface area contributed by atoms with Gasteiger partial charge in [-0.1, -0.05) is 11.8 Å². The molecule has 1 saturated heterocycles. The first-order valence-corrected chi connectivity index (χ1v) is 6.31. The smallest absolute Gasteiger partial charge is 0.121 e. The van der Waals surface area contributed by atoms with Crippen LogP contribution in [-0.2, 0) is 4.74 Å². The molecule has 0 saturated carbocycles. The highest BCUT2D eigenvalue weighted by Gasteiger charge is 2.14. The number of rotatable bonds is 3. The number of hydrogen-bond donors (Lipinski definition) is 1. The van der Waals surface area contributed by atoms with Crippen LogP contribution >= 0.6 is 11.8 Å². The molecule has 1 aromatic carbocycles. The molecule has 0 spiro atoms. The maximum atomic E-state index is 5.65. The van der Waals surface area contributed by atoms with Gasteiger partial charge in [0.2, 0.25) is 0 Å². The van der Waals surface area contributed by atoms with E-state index in [1.54, 1.807) is 18.9 Å². The van der Waals surface area contributed by atoms with Gasteiger partial charge in [0.05, 0.1) is 13.7 Å². The predicted octanol–water partition coefficient (Wildman–Crippen LogP) is 2.04. The lowest BCUT2D eigenvalue weighted by atomic mass is 10.2. The highest BCUT2D eigenvalue weighted by atomic mass is 32.2. The van der Waals surface area contributed by atoms with Gasteiger partial charge < -0.3 is 14.8 Å². The normalized spacial score (nSPS) is 20.8. The second-order valence-corrected chi connectivity index (χ2v) is 4.99. The molecule has 4 heteroatoms. The van der Waals surface area contributed by atoms with Crippen molar-refractivity contribution in [1.29, 1.82) is 0 Å². The molecule has 1 aromatic rings. The van der Waals surface area contributed by atoms with E-state index < -0.39 is 0 Å². The second-order valence-electron chi connectivity index (χ2n) is 3.75. The lowest BCUT2D eigenvalue weighted by Crippen LogP contribution is -2.36. The molecule has 1 aliphatic rings. The fourth-order valence-electron chi connectivity index (χ4n) is 1.69. The molecule has 2 rings (SSSR count). The van der Waals surface area contributed by atoms with Crippen molar-refractivity contribution in [3.8, 4) is 5.75 Å². The first-order valence-electron chi connectivity index (χ1n) is 5.43. The van der Waals surface area contributed by atoms with Gasteiger partial charge in [0, 0.05) is 18.0 Å². The highest BCUT2D eigenvalue weighted by molar-refractivity contribution is 7.99. The Balaban J connectivity index is 2.01. The van der Waals surface area contributed by atoms with E-state index in [4.69, 9.17) is 9.47 Å². The zero-order valence-corrected chi connectivity index (χ0v) is 10.5. The topological polar surface area (TPSA) is 30.5 Å². The van der Waals surface area contributed by atoms with E-state index in [0.29, 0.717) is 0 Å². The molecule has 3 nitrogen and oxygen atoms in total. The Hall–Kier alpha value is -0.710. The summed E-state index contributed by atoms with van der Waals surface area (Å²) in [7, 11) is 1.70. The van der Waals surface area contributed by atoms with Crippen molar-refractivity contribution >= 4 is 11.8 Å². The van der Waals surface area contributed by atoms with E-state index >= 15 is 0 Å². The van der Waals surface area contributed by atoms with E-state index in [0.717, 1.165) is 31.0 Å². The van der Waals surface area contributed by atoms with Gasteiger partial charge in [0.1, 0.15) is 11.2 Å². The number of morpholine rings is 1. The molecule has 1 atom stereocenters. The van der Waals surface area contributed by atoms with Gasteiger partial charge >= 0.3 is 0 Å². The van der Waals surface area contributed by atoms with Crippen molar-refractivity contribution in [1.82, 2.24) is 5.32 Å². The summed E-state index contributed by atoms with van der Waals surface area (Å²) in [6, 6.07) is 6.23. The van der Waals surface area contributed by atoms with Crippen molar-refractivity contribution in [2.45, 2.75) is 17.3 Å². The van der Waals surface area contributed by atoms with Crippen molar-refractivity contribution < 1.29 is 9.47 Å². The molecule has 0 bridgehead atoms. The molecule has 0 aromatic heterocycles. The maximum absolute atomic E-state index is 5.65. The van der Waals surface area contributed by atoms with Crippen LogP contribution in [0, 0.1) is 6.92 Å². The summed E-state index contributed by atoms with van der Waals surface area (Å²) in [5.41, 5.74) is 1.39. The van der Waals surface area contributed by atoms with Gasteiger partial charge in [-0.3, -0.25) is 0 Å². The SMILES string of the molecule is COc1ccc(SC2CNCCO2)cc1C. The Kier molecular flexibility index (Phi) is 4.09. The number of ether oxygens (including phenoxy) is 2. The van der Waals surface area contributed by atoms with Crippen LogP contribution in [0.2, 0.25) is 0 Å². The van der Waals surface area contributed by atoms with E-state index in [1.807, 2.05) is 6.07 Å². The Bertz CT molecular complexity index is 351. The monoisotopic (exact) mass is 239 g/mol. The third kappa shape index (κ3) is 2.90. The fraction of sp³-hybridized carbons (Fsp3) is 0.500. The zero-order valence-electron chi connectivity index (χ0n) is 9.66. The molecule has 0 aliphatic carbocycles. The Morgan fingerprint density at radius 2 is 2.38 bits per heavy atom. The molecular weight excluding hydrogens is 222 g/mol. The summed E-state index contributed by atoms with van der Waals surface area (Å²) in [4.78, 5) is 1.23. The van der Waals surface area contributed by atoms with E-state index in [-0.39, 0.29) is 5.44 Å². The van der Waals surface area contributed by atoms with Crippen molar-refractivity contribution in [3.63, 3.8) is 0 Å². The summed E-state index contributed by atoms with van der Waals surface area (Å²) in [6.45, 7) is 4.73. The van der Waals surface area contributed by atoms with Crippen LogP contribution < -0.4 is 10.1 Å². The molecule has 16 heavy (non-hydrogen) atoms. The molecule has 1 unspecified atom stereocenters. The predicted molar refractivity (Wildman–Crippen MR) is 66.2 cm³/mol. The molecule has 88 valence electrons. The first kappa shape index (κ1) is 11.8. The van der Waals surface area contributed by atoms with E-state index in [1.165, 1.54) is 4.90 Å². The number of aryl methyl sites for hydroxylation is 1.